The fourth-order valence-electron chi connectivity index (χ4n) is 14.2. The minimum absolute atomic E-state index is 0.213. The van der Waals surface area contributed by atoms with E-state index in [1.54, 1.807) is 43.4 Å². The van der Waals surface area contributed by atoms with Gasteiger partial charge in [0.05, 0.1) is 0 Å². The number of fused-ring (bicyclic) bond motifs is 5. The number of hydrogen-bond acceptors (Lipinski definition) is 5. The molecular weight excluding hydrogens is 1450 g/mol. The molecule has 0 heterocycles. The van der Waals surface area contributed by atoms with Crippen molar-refractivity contribution in [2.75, 3.05) is 0 Å². The molecule has 0 aromatic heterocycles. The number of carbonyl (C=O) groups is 5. The SMILES string of the molecule is CC/C(=C(/F)C(=O)O)c1cccc(-c2cccc3ccccc23)c1.CCCCc1ccc(/C=C/C=C/C(=O)O)cc1-c1ccc(C)c2ccccc12.Cc1c(-c2cccc(/C=C/C(=O)O)c2)ccc2ccccc12.Cc1cc2ccccc2cc1-c1cccc(/C=C/C(=O)O)c1.O=C(O)/C=C/c1ccc(-c2ccc3ccccc3c2)cc1. The summed E-state index contributed by atoms with van der Waals surface area (Å²) < 4.78 is 13.9. The predicted octanol–water partition coefficient (Wildman–Crippen LogP) is 26.9. The van der Waals surface area contributed by atoms with Crippen LogP contribution in [-0.2, 0) is 30.4 Å². The van der Waals surface area contributed by atoms with Crippen molar-refractivity contribution in [2.24, 2.45) is 0 Å². The molecule has 0 aliphatic rings. The first-order valence-corrected chi connectivity index (χ1v) is 38.6. The Morgan fingerprint density at radius 1 is 0.316 bits per heavy atom. The minimum Gasteiger partial charge on any atom is -0.478 e. The molecule has 11 heteroatoms. The molecule has 0 saturated heterocycles. The first kappa shape index (κ1) is 83.3. The van der Waals surface area contributed by atoms with E-state index in [0.717, 1.165) is 110 Å². The Hall–Kier alpha value is -14.7. The number of halogens is 1. The smallest absolute Gasteiger partial charge is 0.365 e. The van der Waals surface area contributed by atoms with Gasteiger partial charge in [0.1, 0.15) is 0 Å². The maximum Gasteiger partial charge on any atom is 0.365 e. The molecule has 15 aromatic carbocycles. The van der Waals surface area contributed by atoms with Gasteiger partial charge in [-0.2, -0.15) is 4.39 Å². The number of aryl methyl sites for hydroxylation is 4. The summed E-state index contributed by atoms with van der Waals surface area (Å²) in [7, 11) is 0. The first-order valence-electron chi connectivity index (χ1n) is 38.6. The van der Waals surface area contributed by atoms with Crippen molar-refractivity contribution in [3.8, 4) is 55.6 Å². The quantitative estimate of drug-likeness (QED) is 0.0363. The lowest BCUT2D eigenvalue weighted by Crippen LogP contribution is -1.99. The van der Waals surface area contributed by atoms with Crippen molar-refractivity contribution >= 4 is 114 Å². The van der Waals surface area contributed by atoms with Gasteiger partial charge in [-0.15, -0.1) is 0 Å². The molecule has 0 unspecified atom stereocenters. The van der Waals surface area contributed by atoms with Gasteiger partial charge >= 0.3 is 29.8 Å². The van der Waals surface area contributed by atoms with Crippen LogP contribution < -0.4 is 0 Å². The molecule has 10 nitrogen and oxygen atoms in total. The number of benzene rings is 15. The Bertz CT molecular complexity index is 6250. The summed E-state index contributed by atoms with van der Waals surface area (Å²) in [5.41, 5.74) is 20.9. The van der Waals surface area contributed by atoms with Gasteiger partial charge in [-0.25, -0.2) is 24.0 Å². The van der Waals surface area contributed by atoms with Gasteiger partial charge < -0.3 is 25.5 Å². The number of carboxylic acids is 5. The van der Waals surface area contributed by atoms with Crippen LogP contribution in [0.15, 0.2) is 352 Å². The zero-order valence-corrected chi connectivity index (χ0v) is 65.7. The summed E-state index contributed by atoms with van der Waals surface area (Å²) in [6.45, 7) is 10.3. The predicted molar refractivity (Wildman–Crippen MR) is 482 cm³/mol. The standard InChI is InChI=1S/C26H26O2.C21H17FO2.2C20H16O2.C19H14O2/c1-3-4-10-21-16-15-20(9-5-8-13-26(27)28)18-25(21)24-17-14-19(2)22-11-6-7-12-23(22)24;1-2-17(20(22)21(23)24)15-9-5-10-16(13-15)19-12-6-8-14-7-3-4-11-18(14)19;1-14-18-8-3-2-6-16(18)10-11-19(14)17-7-4-5-15(13-17)9-12-20(21)22;1-14-11-16-6-2-3-7-17(16)13-19(14)18-8-4-5-15(12-18)9-10-20(21)22;20-19(21)12-7-14-5-8-16(9-6-14)18-11-10-15-3-1-2-4-17(15)13-18/h5-9,11-18H,3-4,10H2,1-2H3,(H,27,28);3-13H,2H2,1H3,(H,23,24);2*2-13H,1H3,(H,21,22);1-13H,(H,20,21)/b9-5+,13-8+;20-17-;12-9+;10-9+;12-7+. The average molecular weight is 1540 g/mol. The summed E-state index contributed by atoms with van der Waals surface area (Å²) in [5, 5.41) is 55.9. The van der Waals surface area contributed by atoms with Gasteiger partial charge in [-0.1, -0.05) is 311 Å². The maximum absolute atomic E-state index is 13.9. The Morgan fingerprint density at radius 2 is 0.795 bits per heavy atom. The zero-order valence-electron chi connectivity index (χ0n) is 65.7. The highest BCUT2D eigenvalue weighted by Crippen LogP contribution is 2.38. The first-order chi connectivity index (χ1) is 56.7. The topological polar surface area (TPSA) is 186 Å². The third-order valence-corrected chi connectivity index (χ3v) is 20.1. The Balaban J connectivity index is 0.000000144. The second kappa shape index (κ2) is 40.7. The third kappa shape index (κ3) is 22.6. The second-order valence-corrected chi connectivity index (χ2v) is 28.0. The Labute approximate surface area is 681 Å². The highest BCUT2D eigenvalue weighted by molar-refractivity contribution is 6.01. The molecule has 0 bridgehead atoms. The van der Waals surface area contributed by atoms with Crippen molar-refractivity contribution in [3.05, 3.63) is 402 Å². The number of carboxylic acid groups (broad SMARTS) is 5. The molecule has 0 aliphatic carbocycles. The van der Waals surface area contributed by atoms with Crippen molar-refractivity contribution in [1.29, 1.82) is 0 Å². The van der Waals surface area contributed by atoms with E-state index in [2.05, 4.69) is 173 Å². The van der Waals surface area contributed by atoms with Gasteiger partial charge in [-0.3, -0.25) is 0 Å². The summed E-state index contributed by atoms with van der Waals surface area (Å²) in [6, 6.07) is 105. The number of aliphatic carboxylic acids is 5. The molecule has 15 aromatic rings. The number of allylic oxidation sites excluding steroid dienone is 3. The Kier molecular flexibility index (Phi) is 29.0. The van der Waals surface area contributed by atoms with E-state index in [9.17, 15) is 28.4 Å². The average Bonchev–Trinajstić information content (AvgIpc) is 0.793. The van der Waals surface area contributed by atoms with Crippen LogP contribution in [0.5, 0.6) is 0 Å². The van der Waals surface area contributed by atoms with E-state index in [4.69, 9.17) is 25.5 Å². The van der Waals surface area contributed by atoms with E-state index < -0.39 is 35.7 Å². The largest absolute Gasteiger partial charge is 0.478 e. The van der Waals surface area contributed by atoms with Crippen LogP contribution >= 0.6 is 0 Å². The van der Waals surface area contributed by atoms with Crippen LogP contribution in [-0.4, -0.2) is 55.4 Å². The van der Waals surface area contributed by atoms with Gasteiger partial charge in [0, 0.05) is 29.9 Å². The van der Waals surface area contributed by atoms with Crippen LogP contribution in [0.3, 0.4) is 0 Å². The minimum atomic E-state index is -1.53. The van der Waals surface area contributed by atoms with Crippen LogP contribution in [0.2, 0.25) is 0 Å². The monoisotopic (exact) mass is 1540 g/mol. The van der Waals surface area contributed by atoms with Crippen LogP contribution in [0.25, 0.3) is 139 Å². The molecule has 0 radical (unpaired) electrons. The molecule has 15 rings (SSSR count). The molecule has 0 fully saturated rings. The number of hydrogen-bond donors (Lipinski definition) is 5. The Morgan fingerprint density at radius 3 is 1.41 bits per heavy atom. The fourth-order valence-corrected chi connectivity index (χ4v) is 14.2. The van der Waals surface area contributed by atoms with E-state index in [0.29, 0.717) is 12.0 Å². The summed E-state index contributed by atoms with van der Waals surface area (Å²) in [4.78, 5) is 53.4. The van der Waals surface area contributed by atoms with Crippen molar-refractivity contribution in [1.82, 2.24) is 0 Å². The zero-order chi connectivity index (χ0) is 82.7. The summed E-state index contributed by atoms with van der Waals surface area (Å²) in [5.74, 6) is -6.37. The molecule has 0 atom stereocenters. The molecule has 580 valence electrons. The molecule has 0 amide bonds. The van der Waals surface area contributed by atoms with E-state index in [-0.39, 0.29) is 5.57 Å². The lowest BCUT2D eigenvalue weighted by Gasteiger charge is -2.15. The normalized spacial score (nSPS) is 11.4. The van der Waals surface area contributed by atoms with E-state index in [1.807, 2.05) is 164 Å². The van der Waals surface area contributed by atoms with Crippen molar-refractivity contribution in [3.63, 3.8) is 0 Å². The molecule has 0 spiro atoms. The molecular formula is C106H89FO10. The summed E-state index contributed by atoms with van der Waals surface area (Å²) >= 11 is 0. The van der Waals surface area contributed by atoms with Gasteiger partial charge in [0.2, 0.25) is 5.83 Å². The van der Waals surface area contributed by atoms with Gasteiger partial charge in [0.25, 0.3) is 0 Å². The van der Waals surface area contributed by atoms with Crippen molar-refractivity contribution in [2.45, 2.75) is 60.3 Å². The lowest BCUT2D eigenvalue weighted by molar-refractivity contribution is -0.134. The maximum atomic E-state index is 13.9. The fraction of sp³-hybridized carbons (Fsp3) is 0.0849. The van der Waals surface area contributed by atoms with Gasteiger partial charge in [0.15, 0.2) is 0 Å². The van der Waals surface area contributed by atoms with Gasteiger partial charge in [-0.05, 0) is 254 Å². The van der Waals surface area contributed by atoms with Crippen LogP contribution in [0.4, 0.5) is 4.39 Å². The molecule has 117 heavy (non-hydrogen) atoms. The molecule has 5 N–H and O–H groups in total. The number of unbranched alkanes of at least 4 members (excludes halogenated alkanes) is 1. The van der Waals surface area contributed by atoms with Crippen molar-refractivity contribution < 1.29 is 53.9 Å². The molecule has 0 saturated carbocycles. The lowest BCUT2D eigenvalue weighted by atomic mass is 9.90. The molecule has 0 aliphatic heterocycles. The highest BCUT2D eigenvalue weighted by Gasteiger charge is 2.17. The van der Waals surface area contributed by atoms with E-state index in [1.165, 1.54) is 87.6 Å². The number of rotatable bonds is 20. The van der Waals surface area contributed by atoms with E-state index >= 15 is 0 Å². The highest BCUT2D eigenvalue weighted by atomic mass is 19.1. The van der Waals surface area contributed by atoms with Crippen LogP contribution in [0.1, 0.15) is 83.2 Å². The second-order valence-electron chi connectivity index (χ2n) is 28.0. The summed E-state index contributed by atoms with van der Waals surface area (Å²) in [6.07, 6.45) is 18.4. The third-order valence-electron chi connectivity index (χ3n) is 20.1. The van der Waals surface area contributed by atoms with Crippen LogP contribution in [0, 0.1) is 20.8 Å².